The van der Waals surface area contributed by atoms with Gasteiger partial charge in [-0.05, 0) is 31.2 Å². The van der Waals surface area contributed by atoms with Crippen LogP contribution in [0.3, 0.4) is 0 Å². The van der Waals surface area contributed by atoms with Crippen molar-refractivity contribution in [1.29, 1.82) is 0 Å². The van der Waals surface area contributed by atoms with Crippen LogP contribution in [-0.2, 0) is 0 Å². The second-order valence-corrected chi connectivity index (χ2v) is 3.11. The van der Waals surface area contributed by atoms with E-state index in [9.17, 15) is 4.79 Å². The van der Waals surface area contributed by atoms with Crippen LogP contribution < -0.4 is 10.6 Å². The van der Waals surface area contributed by atoms with Crippen LogP contribution in [-0.4, -0.2) is 19.0 Å². The number of carbonyl (C=O) groups excluding carboxylic acids is 1. The maximum Gasteiger partial charge on any atom is 0.251 e. The highest BCUT2D eigenvalue weighted by Crippen LogP contribution is 2.08. The van der Waals surface area contributed by atoms with Crippen LogP contribution in [0.25, 0.3) is 0 Å². The molecule has 0 spiro atoms. The van der Waals surface area contributed by atoms with Crippen molar-refractivity contribution in [2.24, 2.45) is 0 Å². The van der Waals surface area contributed by atoms with Crippen molar-refractivity contribution < 1.29 is 4.79 Å². The van der Waals surface area contributed by atoms with E-state index in [0.29, 0.717) is 12.1 Å². The third-order valence-corrected chi connectivity index (χ3v) is 1.93. The van der Waals surface area contributed by atoms with Crippen molar-refractivity contribution in [2.75, 3.05) is 18.4 Å². The molecule has 80 valence electrons. The summed E-state index contributed by atoms with van der Waals surface area (Å²) in [6.07, 6.45) is 1.66. The van der Waals surface area contributed by atoms with Crippen LogP contribution in [0.1, 0.15) is 17.3 Å². The molecule has 0 atom stereocenters. The number of amides is 1. The number of nitrogens with one attached hydrogen (secondary N) is 2. The molecule has 0 saturated carbocycles. The summed E-state index contributed by atoms with van der Waals surface area (Å²) in [5, 5.41) is 5.89. The minimum absolute atomic E-state index is 0.0713. The summed E-state index contributed by atoms with van der Waals surface area (Å²) >= 11 is 0. The normalized spacial score (nSPS) is 9.40. The van der Waals surface area contributed by atoms with E-state index in [1.165, 1.54) is 0 Å². The largest absolute Gasteiger partial charge is 0.385 e. The Morgan fingerprint density at radius 2 is 2.07 bits per heavy atom. The number of hydrogen-bond acceptors (Lipinski definition) is 2. The quantitative estimate of drug-likeness (QED) is 0.720. The topological polar surface area (TPSA) is 41.1 Å². The van der Waals surface area contributed by atoms with E-state index in [1.54, 1.807) is 18.2 Å². The predicted octanol–water partition coefficient (Wildman–Crippen LogP) is 2.03. The molecule has 0 aliphatic carbocycles. The van der Waals surface area contributed by atoms with Gasteiger partial charge in [0.2, 0.25) is 0 Å². The molecule has 1 rings (SSSR count). The van der Waals surface area contributed by atoms with Gasteiger partial charge in [-0.15, -0.1) is 6.58 Å². The number of anilines is 1. The van der Waals surface area contributed by atoms with Gasteiger partial charge in [-0.2, -0.15) is 0 Å². The third kappa shape index (κ3) is 3.46. The first-order chi connectivity index (χ1) is 7.27. The van der Waals surface area contributed by atoms with Crippen molar-refractivity contribution in [3.63, 3.8) is 0 Å². The van der Waals surface area contributed by atoms with E-state index < -0.39 is 0 Å². The van der Waals surface area contributed by atoms with Crippen molar-refractivity contribution in [2.45, 2.75) is 6.92 Å². The van der Waals surface area contributed by atoms with Gasteiger partial charge >= 0.3 is 0 Å². The Bertz CT molecular complexity index is 330. The molecule has 15 heavy (non-hydrogen) atoms. The number of hydrogen-bond donors (Lipinski definition) is 2. The van der Waals surface area contributed by atoms with Gasteiger partial charge in [0.05, 0.1) is 0 Å². The average molecular weight is 204 g/mol. The molecule has 0 bridgehead atoms. The Morgan fingerprint density at radius 1 is 1.40 bits per heavy atom. The molecule has 1 aromatic carbocycles. The monoisotopic (exact) mass is 204 g/mol. The molecular weight excluding hydrogens is 188 g/mol. The SMILES string of the molecule is C=CCNC(=O)c1ccc(NCC)cc1. The molecular formula is C12H16N2O. The molecule has 0 heterocycles. The lowest BCUT2D eigenvalue weighted by Crippen LogP contribution is -2.23. The fourth-order valence-corrected chi connectivity index (χ4v) is 1.21. The maximum atomic E-state index is 11.5. The maximum absolute atomic E-state index is 11.5. The van der Waals surface area contributed by atoms with E-state index >= 15 is 0 Å². The molecule has 2 N–H and O–H groups in total. The first-order valence-corrected chi connectivity index (χ1v) is 5.01. The lowest BCUT2D eigenvalue weighted by Gasteiger charge is -2.05. The molecule has 3 heteroatoms. The highest BCUT2D eigenvalue weighted by atomic mass is 16.1. The summed E-state index contributed by atoms with van der Waals surface area (Å²) in [5.41, 5.74) is 1.69. The van der Waals surface area contributed by atoms with Gasteiger partial charge < -0.3 is 10.6 Å². The molecule has 1 amide bonds. The Kier molecular flexibility index (Phi) is 4.41. The molecule has 0 fully saturated rings. The Hall–Kier alpha value is -1.77. The van der Waals surface area contributed by atoms with Gasteiger partial charge in [-0.25, -0.2) is 0 Å². The predicted molar refractivity (Wildman–Crippen MR) is 63.1 cm³/mol. The number of rotatable bonds is 5. The van der Waals surface area contributed by atoms with Gasteiger partial charge in [-0.3, -0.25) is 4.79 Å². The lowest BCUT2D eigenvalue weighted by atomic mass is 10.2. The van der Waals surface area contributed by atoms with Crippen LogP contribution in [0.4, 0.5) is 5.69 Å². The standard InChI is InChI=1S/C12H16N2O/c1-3-9-14-12(15)10-5-7-11(8-6-10)13-4-2/h3,5-8,13H,1,4,9H2,2H3,(H,14,15). The van der Waals surface area contributed by atoms with Crippen LogP contribution in [0, 0.1) is 0 Å². The Labute approximate surface area is 90.2 Å². The van der Waals surface area contributed by atoms with Gasteiger partial charge in [0.25, 0.3) is 5.91 Å². The van der Waals surface area contributed by atoms with E-state index in [2.05, 4.69) is 17.2 Å². The highest BCUT2D eigenvalue weighted by molar-refractivity contribution is 5.94. The van der Waals surface area contributed by atoms with Crippen molar-refractivity contribution in [1.82, 2.24) is 5.32 Å². The molecule has 3 nitrogen and oxygen atoms in total. The molecule has 0 aliphatic rings. The first-order valence-electron chi connectivity index (χ1n) is 5.01. The fourth-order valence-electron chi connectivity index (χ4n) is 1.21. The van der Waals surface area contributed by atoms with E-state index in [4.69, 9.17) is 0 Å². The van der Waals surface area contributed by atoms with Crippen LogP contribution >= 0.6 is 0 Å². The second kappa shape index (κ2) is 5.86. The van der Waals surface area contributed by atoms with E-state index in [1.807, 2.05) is 19.1 Å². The molecule has 0 radical (unpaired) electrons. The summed E-state index contributed by atoms with van der Waals surface area (Å²) < 4.78 is 0. The minimum Gasteiger partial charge on any atom is -0.385 e. The minimum atomic E-state index is -0.0713. The third-order valence-electron chi connectivity index (χ3n) is 1.93. The first kappa shape index (κ1) is 11.3. The van der Waals surface area contributed by atoms with Crippen LogP contribution in [0.5, 0.6) is 0 Å². The summed E-state index contributed by atoms with van der Waals surface area (Å²) in [6, 6.07) is 7.39. The van der Waals surface area contributed by atoms with Gasteiger partial charge in [0.1, 0.15) is 0 Å². The Morgan fingerprint density at radius 3 is 2.60 bits per heavy atom. The summed E-state index contributed by atoms with van der Waals surface area (Å²) in [6.45, 7) is 6.94. The average Bonchev–Trinajstić information content (AvgIpc) is 2.27. The van der Waals surface area contributed by atoms with Gasteiger partial charge in [0.15, 0.2) is 0 Å². The molecule has 0 aliphatic heterocycles. The second-order valence-electron chi connectivity index (χ2n) is 3.11. The van der Waals surface area contributed by atoms with E-state index in [-0.39, 0.29) is 5.91 Å². The van der Waals surface area contributed by atoms with Crippen LogP contribution in [0.2, 0.25) is 0 Å². The summed E-state index contributed by atoms with van der Waals surface area (Å²) in [7, 11) is 0. The van der Waals surface area contributed by atoms with Gasteiger partial charge in [0, 0.05) is 24.3 Å². The van der Waals surface area contributed by atoms with E-state index in [0.717, 1.165) is 12.2 Å². The summed E-state index contributed by atoms with van der Waals surface area (Å²) in [4.78, 5) is 11.5. The van der Waals surface area contributed by atoms with Gasteiger partial charge in [-0.1, -0.05) is 6.08 Å². The zero-order valence-corrected chi connectivity index (χ0v) is 8.92. The smallest absolute Gasteiger partial charge is 0.251 e. The molecule has 0 saturated heterocycles. The zero-order valence-electron chi connectivity index (χ0n) is 8.92. The van der Waals surface area contributed by atoms with Crippen molar-refractivity contribution >= 4 is 11.6 Å². The van der Waals surface area contributed by atoms with Crippen LogP contribution in [0.15, 0.2) is 36.9 Å². The molecule has 1 aromatic rings. The Balaban J connectivity index is 2.62. The number of carbonyl (C=O) groups is 1. The van der Waals surface area contributed by atoms with Crippen molar-refractivity contribution in [3.8, 4) is 0 Å². The zero-order chi connectivity index (χ0) is 11.1. The number of benzene rings is 1. The molecule has 0 aromatic heterocycles. The lowest BCUT2D eigenvalue weighted by molar-refractivity contribution is 0.0958. The highest BCUT2D eigenvalue weighted by Gasteiger charge is 2.02. The summed E-state index contributed by atoms with van der Waals surface area (Å²) in [5.74, 6) is -0.0713. The molecule has 0 unspecified atom stereocenters. The van der Waals surface area contributed by atoms with Crippen molar-refractivity contribution in [3.05, 3.63) is 42.5 Å². The fraction of sp³-hybridized carbons (Fsp3) is 0.250.